The van der Waals surface area contributed by atoms with Gasteiger partial charge < -0.3 is 9.47 Å². The van der Waals surface area contributed by atoms with Crippen LogP contribution in [-0.4, -0.2) is 32.0 Å². The van der Waals surface area contributed by atoms with Crippen LogP contribution in [0.1, 0.15) is 28.4 Å². The molecule has 2 amide bonds. The number of nitrogens with zero attached hydrogens (tertiary/aromatic N) is 1. The normalized spacial score (nSPS) is 14.7. The zero-order valence-corrected chi connectivity index (χ0v) is 14.6. The Hall–Kier alpha value is -3.41. The second kappa shape index (κ2) is 6.84. The van der Waals surface area contributed by atoms with Crippen molar-refractivity contribution >= 4 is 34.8 Å². The van der Waals surface area contributed by atoms with E-state index in [4.69, 9.17) is 9.47 Å². The molecule has 0 unspecified atom stereocenters. The molecular formula is C20H17NO5. The van der Waals surface area contributed by atoms with Crippen molar-refractivity contribution in [3.63, 3.8) is 0 Å². The molecule has 1 aliphatic rings. The van der Waals surface area contributed by atoms with Crippen molar-refractivity contribution in [2.45, 2.75) is 6.92 Å². The number of benzene rings is 2. The zero-order valence-electron chi connectivity index (χ0n) is 14.6. The van der Waals surface area contributed by atoms with Crippen molar-refractivity contribution < 1.29 is 23.9 Å². The summed E-state index contributed by atoms with van der Waals surface area (Å²) >= 11 is 0. The molecule has 0 bridgehead atoms. The van der Waals surface area contributed by atoms with Gasteiger partial charge in [-0.2, -0.15) is 0 Å². The molecule has 0 saturated carbocycles. The quantitative estimate of drug-likeness (QED) is 0.483. The van der Waals surface area contributed by atoms with Gasteiger partial charge in [-0.25, -0.2) is 9.69 Å². The highest BCUT2D eigenvalue weighted by Crippen LogP contribution is 2.41. The second-order valence-electron chi connectivity index (χ2n) is 5.66. The molecule has 6 nitrogen and oxygen atoms in total. The summed E-state index contributed by atoms with van der Waals surface area (Å²) in [5, 5.41) is 0. The third-order valence-electron chi connectivity index (χ3n) is 4.13. The number of hydrogen-bond acceptors (Lipinski definition) is 5. The lowest BCUT2D eigenvalue weighted by atomic mass is 10.0. The molecule has 0 spiro atoms. The summed E-state index contributed by atoms with van der Waals surface area (Å²) < 4.78 is 10.2. The van der Waals surface area contributed by atoms with Crippen LogP contribution in [0.2, 0.25) is 0 Å². The lowest BCUT2D eigenvalue weighted by Crippen LogP contribution is -2.31. The molecule has 6 heteroatoms. The third kappa shape index (κ3) is 2.75. The summed E-state index contributed by atoms with van der Waals surface area (Å²) in [6.07, 6.45) is 0. The lowest BCUT2D eigenvalue weighted by Gasteiger charge is -2.13. The van der Waals surface area contributed by atoms with Crippen LogP contribution in [0.3, 0.4) is 0 Å². The smallest absolute Gasteiger partial charge is 0.337 e. The average Bonchev–Trinajstić information content (AvgIpc) is 2.94. The number of ether oxygens (including phenoxy) is 2. The van der Waals surface area contributed by atoms with Crippen molar-refractivity contribution in [3.05, 3.63) is 65.2 Å². The van der Waals surface area contributed by atoms with Gasteiger partial charge in [-0.3, -0.25) is 9.59 Å². The Balaban J connectivity index is 2.27. The number of anilines is 1. The van der Waals surface area contributed by atoms with E-state index in [9.17, 15) is 14.4 Å². The van der Waals surface area contributed by atoms with Gasteiger partial charge in [-0.15, -0.1) is 0 Å². The molecular weight excluding hydrogens is 334 g/mol. The standard InChI is InChI=1S/C20H17NO5/c1-12(22)21-16-11-14(20(24)26-3)9-10-15(16)17(19(21)23)18(25-2)13-7-5-4-6-8-13/h4-11H,1-3H3/b18-17+. The number of rotatable bonds is 3. The van der Waals surface area contributed by atoms with Gasteiger partial charge in [0.15, 0.2) is 0 Å². The first-order valence-electron chi connectivity index (χ1n) is 7.91. The average molecular weight is 351 g/mol. The van der Waals surface area contributed by atoms with Crippen LogP contribution in [0.25, 0.3) is 11.3 Å². The number of carbonyl (C=O) groups is 3. The number of fused-ring (bicyclic) bond motifs is 1. The molecule has 1 aliphatic heterocycles. The number of methoxy groups -OCH3 is 2. The van der Waals surface area contributed by atoms with Gasteiger partial charge in [-0.1, -0.05) is 36.4 Å². The van der Waals surface area contributed by atoms with Gasteiger partial charge in [0.2, 0.25) is 5.91 Å². The third-order valence-corrected chi connectivity index (χ3v) is 4.13. The molecule has 0 radical (unpaired) electrons. The maximum absolute atomic E-state index is 13.0. The molecule has 0 atom stereocenters. The summed E-state index contributed by atoms with van der Waals surface area (Å²) in [5.74, 6) is -1.12. The van der Waals surface area contributed by atoms with Crippen LogP contribution in [0, 0.1) is 0 Å². The van der Waals surface area contributed by atoms with Gasteiger partial charge in [0, 0.05) is 18.1 Å². The van der Waals surface area contributed by atoms with Crippen molar-refractivity contribution in [2.24, 2.45) is 0 Å². The predicted molar refractivity (Wildman–Crippen MR) is 96.2 cm³/mol. The number of imide groups is 1. The summed E-state index contributed by atoms with van der Waals surface area (Å²) in [6.45, 7) is 1.30. The lowest BCUT2D eigenvalue weighted by molar-refractivity contribution is -0.122. The zero-order chi connectivity index (χ0) is 18.8. The van der Waals surface area contributed by atoms with Crippen LogP contribution in [-0.2, 0) is 19.1 Å². The van der Waals surface area contributed by atoms with Crippen LogP contribution in [0.4, 0.5) is 5.69 Å². The number of carbonyl (C=O) groups excluding carboxylic acids is 3. The number of esters is 1. The summed E-state index contributed by atoms with van der Waals surface area (Å²) in [4.78, 5) is 37.9. The van der Waals surface area contributed by atoms with Crippen molar-refractivity contribution in [1.29, 1.82) is 0 Å². The maximum Gasteiger partial charge on any atom is 0.337 e. The van der Waals surface area contributed by atoms with Crippen molar-refractivity contribution in [2.75, 3.05) is 19.1 Å². The van der Waals surface area contributed by atoms with Gasteiger partial charge in [0.25, 0.3) is 5.91 Å². The molecule has 132 valence electrons. The monoisotopic (exact) mass is 351 g/mol. The van der Waals surface area contributed by atoms with E-state index in [0.29, 0.717) is 22.6 Å². The summed E-state index contributed by atoms with van der Waals surface area (Å²) in [7, 11) is 2.74. The maximum atomic E-state index is 13.0. The van der Waals surface area contributed by atoms with Gasteiger partial charge in [0.1, 0.15) is 5.76 Å². The van der Waals surface area contributed by atoms with E-state index < -0.39 is 17.8 Å². The Morgan fingerprint density at radius 1 is 0.923 bits per heavy atom. The van der Waals surface area contributed by atoms with Crippen LogP contribution < -0.4 is 4.90 Å². The van der Waals surface area contributed by atoms with Crippen LogP contribution >= 0.6 is 0 Å². The molecule has 1 heterocycles. The Bertz CT molecular complexity index is 930. The van der Waals surface area contributed by atoms with Gasteiger partial charge >= 0.3 is 5.97 Å². The minimum Gasteiger partial charge on any atom is -0.495 e. The molecule has 26 heavy (non-hydrogen) atoms. The van der Waals surface area contributed by atoms with E-state index in [0.717, 1.165) is 4.90 Å². The Kier molecular flexibility index (Phi) is 4.58. The van der Waals surface area contributed by atoms with Crippen LogP contribution in [0.5, 0.6) is 0 Å². The molecule has 0 fully saturated rings. The highest BCUT2D eigenvalue weighted by atomic mass is 16.5. The topological polar surface area (TPSA) is 72.9 Å². The molecule has 3 rings (SSSR count). The fourth-order valence-electron chi connectivity index (χ4n) is 3.00. The number of hydrogen-bond donors (Lipinski definition) is 0. The Labute approximate surface area is 150 Å². The van der Waals surface area contributed by atoms with Crippen molar-refractivity contribution in [1.82, 2.24) is 0 Å². The first-order chi connectivity index (χ1) is 12.5. The highest BCUT2D eigenvalue weighted by molar-refractivity contribution is 6.43. The Morgan fingerprint density at radius 2 is 1.62 bits per heavy atom. The SMILES string of the molecule is COC(=O)c1ccc2c(c1)N(C(C)=O)C(=O)/C2=C(/OC)c1ccccc1. The van der Waals surface area contributed by atoms with E-state index >= 15 is 0 Å². The second-order valence-corrected chi connectivity index (χ2v) is 5.66. The minimum atomic E-state index is -0.545. The fraction of sp³-hybridized carbons (Fsp3) is 0.150. The fourth-order valence-corrected chi connectivity index (χ4v) is 3.00. The van der Waals surface area contributed by atoms with E-state index in [-0.39, 0.29) is 11.1 Å². The highest BCUT2D eigenvalue weighted by Gasteiger charge is 2.38. The van der Waals surface area contributed by atoms with Gasteiger partial charge in [-0.05, 0) is 12.1 Å². The van der Waals surface area contributed by atoms with Crippen molar-refractivity contribution in [3.8, 4) is 0 Å². The first kappa shape index (κ1) is 17.4. The first-order valence-corrected chi connectivity index (χ1v) is 7.91. The predicted octanol–water partition coefficient (Wildman–Crippen LogP) is 2.88. The largest absolute Gasteiger partial charge is 0.495 e. The molecule has 2 aromatic rings. The Morgan fingerprint density at radius 3 is 2.19 bits per heavy atom. The van der Waals surface area contributed by atoms with E-state index in [1.54, 1.807) is 12.1 Å². The van der Waals surface area contributed by atoms with Crippen LogP contribution in [0.15, 0.2) is 48.5 Å². The van der Waals surface area contributed by atoms with E-state index in [2.05, 4.69) is 0 Å². The van der Waals surface area contributed by atoms with E-state index in [1.165, 1.54) is 27.2 Å². The summed E-state index contributed by atoms with van der Waals surface area (Å²) in [5.41, 5.74) is 2.11. The molecule has 0 saturated heterocycles. The molecule has 0 N–H and O–H groups in total. The van der Waals surface area contributed by atoms with Gasteiger partial charge in [0.05, 0.1) is 31.0 Å². The minimum absolute atomic E-state index is 0.255. The molecule has 0 aliphatic carbocycles. The number of amides is 2. The summed E-state index contributed by atoms with van der Waals surface area (Å²) in [6, 6.07) is 13.8. The van der Waals surface area contributed by atoms with E-state index in [1.807, 2.05) is 30.3 Å². The molecule has 2 aromatic carbocycles. The molecule has 0 aromatic heterocycles.